The van der Waals surface area contributed by atoms with Crippen molar-refractivity contribution in [3.8, 4) is 0 Å². The second kappa shape index (κ2) is 7.03. The third-order valence-corrected chi connectivity index (χ3v) is 2.56. The van der Waals surface area contributed by atoms with Crippen molar-refractivity contribution >= 4 is 34.1 Å². The minimum Gasteiger partial charge on any atom is -0.480 e. The third-order valence-electron chi connectivity index (χ3n) is 1.56. The number of carboxylic acids is 1. The number of ether oxygens (including phenoxy) is 1. The molecule has 0 radical (unpaired) electrons. The van der Waals surface area contributed by atoms with E-state index >= 15 is 0 Å². The number of amides is 1. The van der Waals surface area contributed by atoms with Crippen LogP contribution in [0.3, 0.4) is 0 Å². The van der Waals surface area contributed by atoms with Crippen molar-refractivity contribution in [1.29, 1.82) is 0 Å². The lowest BCUT2D eigenvalue weighted by atomic mass is 10.2. The summed E-state index contributed by atoms with van der Waals surface area (Å²) >= 11 is 4.12. The summed E-state index contributed by atoms with van der Waals surface area (Å²) in [6, 6.07) is 0. The van der Waals surface area contributed by atoms with Crippen LogP contribution >= 0.6 is 22.0 Å². The fourth-order valence-electron chi connectivity index (χ4n) is 0.955. The van der Waals surface area contributed by atoms with Gasteiger partial charge in [0.25, 0.3) is 0 Å². The highest BCUT2D eigenvalue weighted by atomic mass is 32.1. The number of carbonyl (C=O) groups is 2. The Morgan fingerprint density at radius 3 is 2.41 bits per heavy atom. The summed E-state index contributed by atoms with van der Waals surface area (Å²) in [4.78, 5) is 23.5. The van der Waals surface area contributed by atoms with Crippen molar-refractivity contribution in [1.82, 2.24) is 9.99 Å². The van der Waals surface area contributed by atoms with Crippen molar-refractivity contribution in [2.75, 3.05) is 13.1 Å². The Labute approximate surface area is 109 Å². The quantitative estimate of drug-likeness (QED) is 0.397. The number of thiol groups is 1. The molecule has 17 heavy (non-hydrogen) atoms. The van der Waals surface area contributed by atoms with Crippen LogP contribution in [0.5, 0.6) is 0 Å². The van der Waals surface area contributed by atoms with E-state index in [-0.39, 0.29) is 11.9 Å². The Morgan fingerprint density at radius 1 is 1.53 bits per heavy atom. The van der Waals surface area contributed by atoms with Crippen molar-refractivity contribution in [3.63, 3.8) is 0 Å². The molecule has 6 nitrogen and oxygen atoms in total. The van der Waals surface area contributed by atoms with Crippen LogP contribution < -0.4 is 5.09 Å². The number of nitrogens with zero attached hydrogens (tertiary/aromatic N) is 1. The van der Waals surface area contributed by atoms with Crippen LogP contribution in [0.25, 0.3) is 0 Å². The maximum Gasteiger partial charge on any atom is 0.410 e. The average molecular weight is 282 g/mol. The monoisotopic (exact) mass is 282 g/mol. The van der Waals surface area contributed by atoms with E-state index in [2.05, 4.69) is 27.1 Å². The van der Waals surface area contributed by atoms with Gasteiger partial charge in [-0.25, -0.2) is 4.79 Å². The predicted molar refractivity (Wildman–Crippen MR) is 71.1 cm³/mol. The Bertz CT molecular complexity index is 283. The second-order valence-electron chi connectivity index (χ2n) is 4.44. The Morgan fingerprint density at radius 2 is 2.06 bits per heavy atom. The maximum atomic E-state index is 11.7. The smallest absolute Gasteiger partial charge is 0.410 e. The maximum absolute atomic E-state index is 11.7. The number of hydrogen-bond donors (Lipinski definition) is 3. The number of rotatable bonds is 5. The molecule has 2 atom stereocenters. The molecule has 1 amide bonds. The van der Waals surface area contributed by atoms with Gasteiger partial charge in [0, 0.05) is 6.54 Å². The molecule has 0 aromatic rings. The van der Waals surface area contributed by atoms with Crippen LogP contribution in [0.1, 0.15) is 20.8 Å². The summed E-state index contributed by atoms with van der Waals surface area (Å²) in [5.74, 6) is -1.10. The van der Waals surface area contributed by atoms with E-state index < -0.39 is 24.2 Å². The molecule has 0 bridgehead atoms. The molecule has 2 unspecified atom stereocenters. The van der Waals surface area contributed by atoms with Crippen molar-refractivity contribution < 1.29 is 19.4 Å². The topological polar surface area (TPSA) is 78.9 Å². The van der Waals surface area contributed by atoms with Crippen molar-refractivity contribution in [3.05, 3.63) is 0 Å². The lowest BCUT2D eigenvalue weighted by molar-refractivity contribution is -0.138. The highest BCUT2D eigenvalue weighted by Gasteiger charge is 2.24. The SMILES string of the molecule is CC(C)(C)OC(=O)N(CC(=O)O)CC(S)NP. The van der Waals surface area contributed by atoms with E-state index in [0.717, 1.165) is 4.90 Å². The summed E-state index contributed by atoms with van der Waals surface area (Å²) < 4.78 is 5.10. The van der Waals surface area contributed by atoms with Gasteiger partial charge >= 0.3 is 12.1 Å². The van der Waals surface area contributed by atoms with Gasteiger partial charge in [-0.1, -0.05) is 9.39 Å². The van der Waals surface area contributed by atoms with Crippen LogP contribution in [-0.2, 0) is 9.53 Å². The number of hydrogen-bond acceptors (Lipinski definition) is 5. The fraction of sp³-hybridized carbons (Fsp3) is 0.778. The van der Waals surface area contributed by atoms with E-state index in [1.54, 1.807) is 20.8 Å². The van der Waals surface area contributed by atoms with Crippen molar-refractivity contribution in [2.24, 2.45) is 0 Å². The molecule has 0 aromatic carbocycles. The molecule has 0 heterocycles. The molecule has 0 aromatic heterocycles. The first-order chi connectivity index (χ1) is 7.65. The molecule has 0 aliphatic heterocycles. The van der Waals surface area contributed by atoms with Gasteiger partial charge in [-0.2, -0.15) is 12.6 Å². The molecule has 0 aliphatic carbocycles. The van der Waals surface area contributed by atoms with Crippen LogP contribution in [-0.4, -0.2) is 46.1 Å². The molecule has 2 N–H and O–H groups in total. The Kier molecular flexibility index (Phi) is 6.82. The first kappa shape index (κ1) is 16.5. The molecular formula is C9H19N2O4PS. The van der Waals surface area contributed by atoms with Crippen molar-refractivity contribution in [2.45, 2.75) is 31.7 Å². The molecule has 0 aliphatic rings. The van der Waals surface area contributed by atoms with Gasteiger partial charge in [0.2, 0.25) is 0 Å². The third kappa shape index (κ3) is 8.24. The molecule has 0 spiro atoms. The largest absolute Gasteiger partial charge is 0.480 e. The summed E-state index contributed by atoms with van der Waals surface area (Å²) in [5, 5.41) is 11.1. The first-order valence-electron chi connectivity index (χ1n) is 4.99. The summed E-state index contributed by atoms with van der Waals surface area (Å²) in [5.41, 5.74) is -0.658. The second-order valence-corrected chi connectivity index (χ2v) is 5.39. The zero-order valence-electron chi connectivity index (χ0n) is 10.1. The normalized spacial score (nSPS) is 13.0. The van der Waals surface area contributed by atoms with Gasteiger partial charge in [0.15, 0.2) is 0 Å². The zero-order valence-corrected chi connectivity index (χ0v) is 12.2. The summed E-state index contributed by atoms with van der Waals surface area (Å²) in [6.45, 7) is 4.87. The number of carbonyl (C=O) groups excluding carboxylic acids is 1. The van der Waals surface area contributed by atoms with Crippen LogP contribution in [0, 0.1) is 0 Å². The van der Waals surface area contributed by atoms with E-state index in [4.69, 9.17) is 9.84 Å². The number of nitrogens with one attached hydrogen (secondary N) is 1. The first-order valence-corrected chi connectivity index (χ1v) is 6.09. The van der Waals surface area contributed by atoms with Crippen LogP contribution in [0.2, 0.25) is 0 Å². The number of aliphatic carboxylic acids is 1. The van der Waals surface area contributed by atoms with E-state index in [9.17, 15) is 9.59 Å². The lowest BCUT2D eigenvalue weighted by Gasteiger charge is -2.27. The van der Waals surface area contributed by atoms with Crippen LogP contribution in [0.4, 0.5) is 4.79 Å². The molecule has 0 fully saturated rings. The summed E-state index contributed by atoms with van der Waals surface area (Å²) in [7, 11) is 2.25. The van der Waals surface area contributed by atoms with Gasteiger partial charge in [-0.3, -0.25) is 14.8 Å². The predicted octanol–water partition coefficient (Wildman–Crippen LogP) is 0.944. The Hall–Kier alpha value is -0.520. The van der Waals surface area contributed by atoms with E-state index in [1.165, 1.54) is 0 Å². The average Bonchev–Trinajstić information content (AvgIpc) is 2.13. The van der Waals surface area contributed by atoms with Gasteiger partial charge < -0.3 is 9.84 Å². The van der Waals surface area contributed by atoms with E-state index in [1.807, 2.05) is 0 Å². The highest BCUT2D eigenvalue weighted by Crippen LogP contribution is 2.11. The minimum atomic E-state index is -1.10. The highest BCUT2D eigenvalue weighted by molar-refractivity contribution is 7.81. The fourth-order valence-corrected chi connectivity index (χ4v) is 1.26. The van der Waals surface area contributed by atoms with Gasteiger partial charge in [0.05, 0.1) is 5.37 Å². The zero-order chi connectivity index (χ0) is 13.6. The molecule has 0 rings (SSSR count). The van der Waals surface area contributed by atoms with E-state index in [0.29, 0.717) is 0 Å². The number of carboxylic acid groups (broad SMARTS) is 1. The van der Waals surface area contributed by atoms with Gasteiger partial charge in [-0.05, 0) is 20.8 Å². The minimum absolute atomic E-state index is 0.133. The molecule has 8 heteroatoms. The van der Waals surface area contributed by atoms with Gasteiger partial charge in [-0.15, -0.1) is 0 Å². The van der Waals surface area contributed by atoms with Crippen LogP contribution in [0.15, 0.2) is 0 Å². The van der Waals surface area contributed by atoms with Gasteiger partial charge in [0.1, 0.15) is 12.1 Å². The standard InChI is InChI=1S/C9H19N2O4PS/c1-9(2,3)15-8(14)11(5-7(12)13)4-6(17)10-16/h6,10,17H,4-5,16H2,1-3H3,(H,12,13). The molecule has 100 valence electrons. The molecule has 0 saturated heterocycles. The molecule has 0 saturated carbocycles. The lowest BCUT2D eigenvalue weighted by Crippen LogP contribution is -2.44. The Balaban J connectivity index is 4.56. The molecular weight excluding hydrogens is 263 g/mol. The summed E-state index contributed by atoms with van der Waals surface area (Å²) in [6.07, 6.45) is -0.667.